The second-order valence-electron chi connectivity index (χ2n) is 8.04. The number of benzene rings is 1. The molecule has 150 valence electrons. The summed E-state index contributed by atoms with van der Waals surface area (Å²) < 4.78 is 11.6. The van der Waals surface area contributed by atoms with Crippen LogP contribution < -0.4 is 3.78 Å². The van der Waals surface area contributed by atoms with E-state index in [0.29, 0.717) is 0 Å². The number of fused-ring (bicyclic) bond motifs is 1. The van der Waals surface area contributed by atoms with E-state index in [1.54, 1.807) is 0 Å². The van der Waals surface area contributed by atoms with Crippen molar-refractivity contribution < 1.29 is 4.52 Å². The van der Waals surface area contributed by atoms with Crippen LogP contribution in [-0.2, 0) is 0 Å². The van der Waals surface area contributed by atoms with Crippen LogP contribution in [0.3, 0.4) is 0 Å². The summed E-state index contributed by atoms with van der Waals surface area (Å²) in [5, 5.41) is 5.73. The van der Waals surface area contributed by atoms with E-state index < -0.39 is 18.4 Å². The summed E-state index contributed by atoms with van der Waals surface area (Å²) in [6.45, 7) is 6.93. The second-order valence-corrected chi connectivity index (χ2v) is 21.0. The predicted octanol–water partition coefficient (Wildman–Crippen LogP) is 6.95. The summed E-state index contributed by atoms with van der Waals surface area (Å²) in [6, 6.07) is 12.7. The fraction of sp³-hybridized carbons (Fsp3) is 0.500. The molecule has 0 aliphatic heterocycles. The molecule has 0 aliphatic carbocycles. The summed E-state index contributed by atoms with van der Waals surface area (Å²) in [4.78, 5) is 4.50. The van der Waals surface area contributed by atoms with Gasteiger partial charge < -0.3 is 0 Å². The zero-order chi connectivity index (χ0) is 19.8. The molecule has 0 aliphatic rings. The van der Waals surface area contributed by atoms with Crippen molar-refractivity contribution in [3.05, 3.63) is 42.6 Å². The van der Waals surface area contributed by atoms with E-state index in [1.165, 1.54) is 55.6 Å². The van der Waals surface area contributed by atoms with Gasteiger partial charge in [-0.05, 0) is 0 Å². The van der Waals surface area contributed by atoms with Gasteiger partial charge in [0.1, 0.15) is 0 Å². The third kappa shape index (κ3) is 4.79. The molecule has 0 bridgehead atoms. The molecule has 3 aromatic rings. The Balaban J connectivity index is 2.00. The second kappa shape index (κ2) is 10.4. The van der Waals surface area contributed by atoms with E-state index in [2.05, 4.69) is 61.2 Å². The van der Waals surface area contributed by atoms with Gasteiger partial charge in [0.2, 0.25) is 0 Å². The van der Waals surface area contributed by atoms with Gasteiger partial charge in [-0.2, -0.15) is 0 Å². The quantitative estimate of drug-likeness (QED) is 0.276. The number of nitrogens with zero attached hydrogens (tertiary/aromatic N) is 2. The summed E-state index contributed by atoms with van der Waals surface area (Å²) in [5.74, 6) is 0. The fourth-order valence-electron chi connectivity index (χ4n) is 4.26. The average Bonchev–Trinajstić information content (AvgIpc) is 3.24. The molecule has 0 unspecified atom stereocenters. The number of unbranched alkanes of at least 4 members (excludes halogenated alkanes) is 3. The molecular weight excluding hydrogens is 451 g/mol. The average molecular weight is 485 g/mol. The Morgan fingerprint density at radius 2 is 1.50 bits per heavy atom. The molecule has 3 nitrogen and oxygen atoms in total. The third-order valence-electron chi connectivity index (χ3n) is 5.98. The van der Waals surface area contributed by atoms with Gasteiger partial charge in [0.15, 0.2) is 0 Å². The van der Waals surface area contributed by atoms with Crippen molar-refractivity contribution in [2.75, 3.05) is 0 Å². The first-order valence-electron chi connectivity index (χ1n) is 11.1. The van der Waals surface area contributed by atoms with Gasteiger partial charge in [-0.15, -0.1) is 0 Å². The van der Waals surface area contributed by atoms with Gasteiger partial charge >= 0.3 is 174 Å². The molecule has 0 fully saturated rings. The molecule has 0 N–H and O–H groups in total. The number of aromatic nitrogens is 2. The van der Waals surface area contributed by atoms with Gasteiger partial charge in [-0.25, -0.2) is 0 Å². The van der Waals surface area contributed by atoms with Crippen molar-refractivity contribution in [1.82, 2.24) is 10.1 Å². The molecule has 3 rings (SSSR count). The van der Waals surface area contributed by atoms with Crippen molar-refractivity contribution in [2.24, 2.45) is 0 Å². The van der Waals surface area contributed by atoms with Gasteiger partial charge in [-0.3, -0.25) is 0 Å². The summed E-state index contributed by atoms with van der Waals surface area (Å²) in [6.07, 6.45) is 9.69. The number of para-hydroxylation sites is 1. The van der Waals surface area contributed by atoms with Crippen molar-refractivity contribution in [2.45, 2.75) is 72.6 Å². The van der Waals surface area contributed by atoms with Crippen LogP contribution in [0.15, 0.2) is 47.1 Å². The van der Waals surface area contributed by atoms with E-state index in [0.717, 1.165) is 22.2 Å². The normalized spacial score (nSPS) is 12.0. The van der Waals surface area contributed by atoms with Gasteiger partial charge in [0.05, 0.1) is 0 Å². The van der Waals surface area contributed by atoms with E-state index >= 15 is 0 Å². The zero-order valence-electron chi connectivity index (χ0n) is 17.7. The Morgan fingerprint density at radius 3 is 2.14 bits per heavy atom. The van der Waals surface area contributed by atoms with Crippen LogP contribution in [0.25, 0.3) is 22.2 Å². The first-order chi connectivity index (χ1) is 13.7. The first-order valence-corrected chi connectivity index (χ1v) is 18.5. The standard InChI is InChI=1S/C12H7N2O.3C4H9.Sn/c1-2-4-11-9(3-1)10(5-7-13-11)12-6-8-15-14-12;3*1-3-4-2;/h1-7H;3*1,3-4H2,2H3;. The molecule has 28 heavy (non-hydrogen) atoms. The Hall–Kier alpha value is -1.36. The van der Waals surface area contributed by atoms with Gasteiger partial charge in [0.25, 0.3) is 0 Å². The van der Waals surface area contributed by atoms with Crippen LogP contribution >= 0.6 is 0 Å². The first kappa shape index (κ1) is 21.4. The maximum absolute atomic E-state index is 6.15. The molecule has 0 radical (unpaired) electrons. The van der Waals surface area contributed by atoms with Crippen LogP contribution in [0, 0.1) is 0 Å². The van der Waals surface area contributed by atoms with Crippen molar-refractivity contribution in [1.29, 1.82) is 0 Å². The monoisotopic (exact) mass is 486 g/mol. The summed E-state index contributed by atoms with van der Waals surface area (Å²) in [5.41, 5.74) is 3.14. The summed E-state index contributed by atoms with van der Waals surface area (Å²) in [7, 11) is 0. The van der Waals surface area contributed by atoms with Crippen molar-refractivity contribution in [3.8, 4) is 11.3 Å². The SMILES string of the molecule is CCC[CH2][Sn]([CH2]CCC)([CH2]CCC)[c]1cc(-c2ccnc3ccccc23)no1. The molecule has 4 heteroatoms. The van der Waals surface area contributed by atoms with Crippen LogP contribution in [0.4, 0.5) is 0 Å². The Bertz CT molecular complexity index is 847. The maximum atomic E-state index is 6.15. The van der Waals surface area contributed by atoms with Crippen LogP contribution in [0.2, 0.25) is 13.3 Å². The topological polar surface area (TPSA) is 38.9 Å². The minimum absolute atomic E-state index is 0.985. The molecule has 0 saturated carbocycles. The Labute approximate surface area is 173 Å². The Kier molecular flexibility index (Phi) is 7.95. The number of hydrogen-bond acceptors (Lipinski definition) is 3. The zero-order valence-corrected chi connectivity index (χ0v) is 20.6. The molecular formula is C24H34N2OSn. The van der Waals surface area contributed by atoms with Crippen molar-refractivity contribution >= 4 is 33.1 Å². The molecule has 0 spiro atoms. The third-order valence-corrected chi connectivity index (χ3v) is 20.9. The molecule has 0 saturated heterocycles. The van der Waals surface area contributed by atoms with E-state index in [4.69, 9.17) is 4.52 Å². The number of pyridine rings is 1. The van der Waals surface area contributed by atoms with Crippen LogP contribution in [0.5, 0.6) is 0 Å². The fourth-order valence-corrected chi connectivity index (χ4v) is 19.3. The van der Waals surface area contributed by atoms with E-state index in [-0.39, 0.29) is 0 Å². The molecule has 2 aromatic heterocycles. The van der Waals surface area contributed by atoms with Gasteiger partial charge in [0, 0.05) is 0 Å². The number of hydrogen-bond donors (Lipinski definition) is 0. The van der Waals surface area contributed by atoms with Crippen LogP contribution in [-0.4, -0.2) is 28.5 Å². The molecule has 2 heterocycles. The minimum atomic E-state index is -2.57. The van der Waals surface area contributed by atoms with E-state index in [9.17, 15) is 0 Å². The molecule has 1 aromatic carbocycles. The van der Waals surface area contributed by atoms with Crippen LogP contribution in [0.1, 0.15) is 59.3 Å². The summed E-state index contributed by atoms with van der Waals surface area (Å²) >= 11 is -2.57. The van der Waals surface area contributed by atoms with Gasteiger partial charge in [-0.1, -0.05) is 0 Å². The molecule has 0 amide bonds. The molecule has 0 atom stereocenters. The predicted molar refractivity (Wildman–Crippen MR) is 122 cm³/mol. The van der Waals surface area contributed by atoms with E-state index in [1.807, 2.05) is 12.3 Å². The Morgan fingerprint density at radius 1 is 0.857 bits per heavy atom. The van der Waals surface area contributed by atoms with Crippen molar-refractivity contribution in [3.63, 3.8) is 0 Å². The number of rotatable bonds is 11.